The molecule has 4 atom stereocenters. The molecule has 1 aliphatic rings. The normalized spacial score (nSPS) is 20.3. The van der Waals surface area contributed by atoms with Crippen molar-refractivity contribution in [2.75, 3.05) is 6.54 Å². The van der Waals surface area contributed by atoms with E-state index in [0.29, 0.717) is 38.6 Å². The second-order valence-electron chi connectivity index (χ2n) is 8.56. The molecule has 0 saturated carbocycles. The van der Waals surface area contributed by atoms with Crippen molar-refractivity contribution < 1.29 is 19.2 Å². The second-order valence-corrected chi connectivity index (χ2v) is 8.56. The predicted molar refractivity (Wildman–Crippen MR) is 115 cm³/mol. The topological polar surface area (TPSA) is 162 Å². The fourth-order valence-electron chi connectivity index (χ4n) is 3.79. The van der Waals surface area contributed by atoms with Crippen LogP contribution in [0.2, 0.25) is 0 Å². The molecule has 0 aromatic heterocycles. The number of primary amides is 1. The van der Waals surface area contributed by atoms with Gasteiger partial charge in [-0.15, -0.1) is 0 Å². The first-order valence-corrected chi connectivity index (χ1v) is 11.1. The summed E-state index contributed by atoms with van der Waals surface area (Å²) in [4.78, 5) is 50.7. The minimum absolute atomic E-state index is 0.322. The van der Waals surface area contributed by atoms with Crippen molar-refractivity contribution in [1.82, 2.24) is 10.2 Å². The van der Waals surface area contributed by atoms with Gasteiger partial charge in [0.2, 0.25) is 17.6 Å². The van der Waals surface area contributed by atoms with Gasteiger partial charge in [0.1, 0.15) is 12.1 Å². The van der Waals surface area contributed by atoms with Crippen molar-refractivity contribution in [1.29, 1.82) is 0 Å². The van der Waals surface area contributed by atoms with E-state index in [1.807, 2.05) is 6.92 Å². The molecular formula is C21H39N5O4. The lowest BCUT2D eigenvalue weighted by atomic mass is 9.87. The van der Waals surface area contributed by atoms with Crippen LogP contribution in [0.1, 0.15) is 78.6 Å². The zero-order valence-corrected chi connectivity index (χ0v) is 18.6. The Balaban J connectivity index is 2.85. The predicted octanol–water partition coefficient (Wildman–Crippen LogP) is 0.332. The summed E-state index contributed by atoms with van der Waals surface area (Å²) >= 11 is 0. The third-order valence-corrected chi connectivity index (χ3v) is 5.86. The van der Waals surface area contributed by atoms with Crippen molar-refractivity contribution in [3.63, 3.8) is 0 Å². The molecule has 0 bridgehead atoms. The maximum atomic E-state index is 13.0. The van der Waals surface area contributed by atoms with Gasteiger partial charge in [-0.25, -0.2) is 0 Å². The van der Waals surface area contributed by atoms with Gasteiger partial charge in [0.05, 0.1) is 6.04 Å². The first-order valence-electron chi connectivity index (χ1n) is 11.1. The molecule has 0 aromatic rings. The summed E-state index contributed by atoms with van der Waals surface area (Å²) in [6.07, 6.45) is 6.44. The molecule has 1 saturated heterocycles. The van der Waals surface area contributed by atoms with Crippen LogP contribution in [0.4, 0.5) is 0 Å². The Labute approximate surface area is 179 Å². The fraction of sp³-hybridized carbons (Fsp3) is 0.810. The molecule has 9 nitrogen and oxygen atoms in total. The number of nitrogens with zero attached hydrogens (tertiary/aromatic N) is 1. The van der Waals surface area contributed by atoms with E-state index >= 15 is 0 Å². The lowest BCUT2D eigenvalue weighted by Crippen LogP contribution is -2.62. The van der Waals surface area contributed by atoms with Crippen LogP contribution in [-0.4, -0.2) is 58.6 Å². The van der Waals surface area contributed by atoms with Crippen molar-refractivity contribution >= 4 is 23.5 Å². The molecule has 7 N–H and O–H groups in total. The summed E-state index contributed by atoms with van der Waals surface area (Å²) in [5, 5.41) is 2.62. The first kappa shape index (κ1) is 26.0. The molecule has 0 spiro atoms. The van der Waals surface area contributed by atoms with Gasteiger partial charge in [-0.05, 0) is 32.6 Å². The highest BCUT2D eigenvalue weighted by molar-refractivity contribution is 6.37. The molecule has 3 amide bonds. The minimum Gasteiger partial charge on any atom is -0.363 e. The van der Waals surface area contributed by atoms with Crippen LogP contribution >= 0.6 is 0 Å². The molecule has 1 heterocycles. The summed E-state index contributed by atoms with van der Waals surface area (Å²) in [6.45, 7) is 6.20. The Kier molecular flexibility index (Phi) is 10.4. The molecule has 0 aliphatic carbocycles. The van der Waals surface area contributed by atoms with Gasteiger partial charge >= 0.3 is 0 Å². The second kappa shape index (κ2) is 12.0. The number of rotatable bonds is 13. The summed E-state index contributed by atoms with van der Waals surface area (Å²) < 4.78 is 0. The third-order valence-electron chi connectivity index (χ3n) is 5.86. The van der Waals surface area contributed by atoms with E-state index in [-0.39, 0.29) is 5.91 Å². The van der Waals surface area contributed by atoms with E-state index in [4.69, 9.17) is 17.2 Å². The number of nitrogens with two attached hydrogens (primary N) is 3. The van der Waals surface area contributed by atoms with E-state index < -0.39 is 41.3 Å². The van der Waals surface area contributed by atoms with Crippen LogP contribution in [-0.2, 0) is 19.2 Å². The lowest BCUT2D eigenvalue weighted by Gasteiger charge is -2.35. The SMILES string of the molecule is CCCCCC(C)(N)[C@H](N)C(=O)N1CCC[C@H]1C(=O)N[C@@H](CCCC)C(=O)C(N)=O. The summed E-state index contributed by atoms with van der Waals surface area (Å²) in [5.74, 6) is -2.73. The van der Waals surface area contributed by atoms with Gasteiger partial charge < -0.3 is 27.4 Å². The van der Waals surface area contributed by atoms with Gasteiger partial charge in [-0.2, -0.15) is 0 Å². The average Bonchev–Trinajstić information content (AvgIpc) is 3.19. The molecule has 1 unspecified atom stereocenters. The first-order chi connectivity index (χ1) is 14.1. The molecule has 1 aliphatic heterocycles. The van der Waals surface area contributed by atoms with Crippen molar-refractivity contribution in [2.24, 2.45) is 17.2 Å². The Bertz CT molecular complexity index is 623. The molecule has 0 radical (unpaired) electrons. The van der Waals surface area contributed by atoms with E-state index in [1.54, 1.807) is 6.92 Å². The van der Waals surface area contributed by atoms with Crippen LogP contribution < -0.4 is 22.5 Å². The fourth-order valence-corrected chi connectivity index (χ4v) is 3.79. The highest BCUT2D eigenvalue weighted by Gasteiger charge is 2.42. The molecule has 1 rings (SSSR count). The largest absolute Gasteiger partial charge is 0.363 e. The van der Waals surface area contributed by atoms with Crippen molar-refractivity contribution in [2.45, 2.75) is 102 Å². The highest BCUT2D eigenvalue weighted by atomic mass is 16.2. The number of hydrogen-bond acceptors (Lipinski definition) is 6. The Hall–Kier alpha value is -2.00. The number of unbranched alkanes of at least 4 members (excludes halogenated alkanes) is 3. The highest BCUT2D eigenvalue weighted by Crippen LogP contribution is 2.23. The number of ketones is 1. The van der Waals surface area contributed by atoms with Crippen molar-refractivity contribution in [3.8, 4) is 0 Å². The summed E-state index contributed by atoms with van der Waals surface area (Å²) in [5.41, 5.74) is 16.8. The van der Waals surface area contributed by atoms with E-state index in [2.05, 4.69) is 12.2 Å². The van der Waals surface area contributed by atoms with Crippen LogP contribution in [0.5, 0.6) is 0 Å². The Morgan fingerprint density at radius 1 is 1.13 bits per heavy atom. The summed E-state index contributed by atoms with van der Waals surface area (Å²) in [7, 11) is 0. The number of carbonyl (C=O) groups excluding carboxylic acids is 4. The number of carbonyl (C=O) groups is 4. The number of likely N-dealkylation sites (tertiary alicyclic amines) is 1. The van der Waals surface area contributed by atoms with Crippen LogP contribution in [0.3, 0.4) is 0 Å². The lowest BCUT2D eigenvalue weighted by molar-refractivity contribution is -0.142. The molecule has 0 aromatic carbocycles. The summed E-state index contributed by atoms with van der Waals surface area (Å²) in [6, 6.07) is -2.64. The maximum absolute atomic E-state index is 13.0. The third kappa shape index (κ3) is 7.05. The van der Waals surface area contributed by atoms with Gasteiger partial charge in [-0.1, -0.05) is 46.0 Å². The molecule has 172 valence electrons. The van der Waals surface area contributed by atoms with Gasteiger partial charge in [0.25, 0.3) is 5.91 Å². The Morgan fingerprint density at radius 3 is 2.33 bits per heavy atom. The molecule has 9 heteroatoms. The monoisotopic (exact) mass is 425 g/mol. The Morgan fingerprint density at radius 2 is 1.77 bits per heavy atom. The van der Waals surface area contributed by atoms with Gasteiger partial charge in [0.15, 0.2) is 0 Å². The van der Waals surface area contributed by atoms with Crippen LogP contribution in [0, 0.1) is 0 Å². The average molecular weight is 426 g/mol. The smallest absolute Gasteiger partial charge is 0.287 e. The minimum atomic E-state index is -1.08. The molecule has 1 fully saturated rings. The molecular weight excluding hydrogens is 386 g/mol. The zero-order chi connectivity index (χ0) is 22.9. The van der Waals surface area contributed by atoms with E-state index in [1.165, 1.54) is 4.90 Å². The maximum Gasteiger partial charge on any atom is 0.287 e. The van der Waals surface area contributed by atoms with E-state index in [0.717, 1.165) is 25.7 Å². The van der Waals surface area contributed by atoms with Crippen LogP contribution in [0.15, 0.2) is 0 Å². The van der Waals surface area contributed by atoms with Gasteiger partial charge in [-0.3, -0.25) is 19.2 Å². The van der Waals surface area contributed by atoms with Crippen molar-refractivity contribution in [3.05, 3.63) is 0 Å². The van der Waals surface area contributed by atoms with Crippen LogP contribution in [0.25, 0.3) is 0 Å². The number of nitrogens with one attached hydrogen (secondary N) is 1. The quantitative estimate of drug-likeness (QED) is 0.245. The molecule has 30 heavy (non-hydrogen) atoms. The number of Topliss-reactive ketones (excluding diaryl/α,β-unsaturated/α-hetero) is 1. The number of amides is 3. The standard InChI is InChI=1S/C21H39N5O4/c1-4-6-8-12-21(3,24)17(22)20(30)26-13-9-11-15(26)19(29)25-14(10-7-5-2)16(27)18(23)28/h14-15,17H,4-13,22,24H2,1-3H3,(H2,23,28)(H,25,29)/t14-,15-,17+,21?/m0/s1. The van der Waals surface area contributed by atoms with E-state index in [9.17, 15) is 19.2 Å². The number of hydrogen-bond donors (Lipinski definition) is 4. The zero-order valence-electron chi connectivity index (χ0n) is 18.6. The van der Waals surface area contributed by atoms with Gasteiger partial charge in [0, 0.05) is 12.1 Å².